The number of sulfonamides is 2. The third kappa shape index (κ3) is 6.30. The molecule has 0 spiro atoms. The quantitative estimate of drug-likeness (QED) is 0.340. The standard InChI is InChI=1S/C26H28IN3O6S2/c1-36-24-15-12-21(18-25(24)38(34,35)29-16-6-3-7-17-29)28-26(31)19-30(22-13-10-20(27)11-14-22)37(32,33)23-8-4-2-5-9-23/h2,4-5,8-15,18H,3,6-7,16-17,19H2,1H3,(H,28,31). The van der Waals surface area contributed by atoms with E-state index in [0.717, 1.165) is 27.1 Å². The molecule has 0 bridgehead atoms. The first-order valence-electron chi connectivity index (χ1n) is 11.9. The van der Waals surface area contributed by atoms with Gasteiger partial charge in [-0.2, -0.15) is 4.31 Å². The van der Waals surface area contributed by atoms with Crippen LogP contribution < -0.4 is 14.4 Å². The van der Waals surface area contributed by atoms with Crippen molar-refractivity contribution in [2.45, 2.75) is 29.1 Å². The van der Waals surface area contributed by atoms with Crippen molar-refractivity contribution >= 4 is 59.9 Å². The van der Waals surface area contributed by atoms with Crippen LogP contribution in [0.4, 0.5) is 11.4 Å². The Balaban J connectivity index is 1.62. The molecule has 1 aliphatic heterocycles. The smallest absolute Gasteiger partial charge is 0.264 e. The Morgan fingerprint density at radius 2 is 1.61 bits per heavy atom. The van der Waals surface area contributed by atoms with Crippen molar-refractivity contribution in [3.8, 4) is 5.75 Å². The molecular formula is C26H28IN3O6S2. The van der Waals surface area contributed by atoms with Gasteiger partial charge in [0.1, 0.15) is 17.2 Å². The molecule has 9 nitrogen and oxygen atoms in total. The van der Waals surface area contributed by atoms with Gasteiger partial charge in [-0.15, -0.1) is 0 Å². The topological polar surface area (TPSA) is 113 Å². The van der Waals surface area contributed by atoms with Crippen LogP contribution in [-0.2, 0) is 24.8 Å². The van der Waals surface area contributed by atoms with E-state index in [9.17, 15) is 21.6 Å². The lowest BCUT2D eigenvalue weighted by Gasteiger charge is -2.27. The number of amides is 1. The van der Waals surface area contributed by atoms with E-state index in [1.165, 1.54) is 41.7 Å². The summed E-state index contributed by atoms with van der Waals surface area (Å²) in [6.45, 7) is 0.326. The van der Waals surface area contributed by atoms with Crippen molar-refractivity contribution in [1.29, 1.82) is 0 Å². The number of piperidine rings is 1. The zero-order valence-corrected chi connectivity index (χ0v) is 24.5. The molecule has 0 unspecified atom stereocenters. The first kappa shape index (κ1) is 28.3. The summed E-state index contributed by atoms with van der Waals surface area (Å²) < 4.78 is 62.3. The van der Waals surface area contributed by atoms with Crippen LogP contribution >= 0.6 is 22.6 Å². The van der Waals surface area contributed by atoms with E-state index in [1.807, 2.05) is 0 Å². The Morgan fingerprint density at radius 3 is 2.24 bits per heavy atom. The molecule has 202 valence electrons. The minimum Gasteiger partial charge on any atom is -0.495 e. The molecule has 38 heavy (non-hydrogen) atoms. The lowest BCUT2D eigenvalue weighted by atomic mass is 10.2. The van der Waals surface area contributed by atoms with Gasteiger partial charge in [-0.1, -0.05) is 24.6 Å². The molecule has 0 radical (unpaired) electrons. The predicted octanol–water partition coefficient (Wildman–Crippen LogP) is 4.31. The van der Waals surface area contributed by atoms with Crippen LogP contribution in [0.1, 0.15) is 19.3 Å². The molecule has 1 N–H and O–H groups in total. The van der Waals surface area contributed by atoms with Crippen LogP contribution in [0.2, 0.25) is 0 Å². The summed E-state index contributed by atoms with van der Waals surface area (Å²) in [4.78, 5) is 13.1. The Hall–Kier alpha value is -2.68. The van der Waals surface area contributed by atoms with E-state index in [1.54, 1.807) is 42.5 Å². The van der Waals surface area contributed by atoms with E-state index in [0.29, 0.717) is 18.8 Å². The number of hydrogen-bond donors (Lipinski definition) is 1. The molecule has 1 aliphatic rings. The summed E-state index contributed by atoms with van der Waals surface area (Å²) in [5.41, 5.74) is 0.540. The highest BCUT2D eigenvalue weighted by Gasteiger charge is 2.30. The van der Waals surface area contributed by atoms with Crippen LogP contribution in [0, 0.1) is 3.57 Å². The fraction of sp³-hybridized carbons (Fsp3) is 0.269. The van der Waals surface area contributed by atoms with Gasteiger partial charge >= 0.3 is 0 Å². The predicted molar refractivity (Wildman–Crippen MR) is 154 cm³/mol. The van der Waals surface area contributed by atoms with Gasteiger partial charge in [0.15, 0.2) is 0 Å². The lowest BCUT2D eigenvalue weighted by molar-refractivity contribution is -0.114. The number of halogens is 1. The van der Waals surface area contributed by atoms with Crippen LogP contribution in [0.25, 0.3) is 0 Å². The minimum absolute atomic E-state index is 0.0470. The van der Waals surface area contributed by atoms with Crippen LogP contribution in [0.15, 0.2) is 82.6 Å². The number of hydrogen-bond acceptors (Lipinski definition) is 6. The molecule has 3 aromatic rings. The van der Waals surface area contributed by atoms with Crippen molar-refractivity contribution in [1.82, 2.24) is 4.31 Å². The average molecular weight is 670 g/mol. The van der Waals surface area contributed by atoms with Gasteiger partial charge in [0.25, 0.3) is 10.0 Å². The Morgan fingerprint density at radius 1 is 0.947 bits per heavy atom. The number of anilines is 2. The zero-order chi connectivity index (χ0) is 27.3. The fourth-order valence-electron chi connectivity index (χ4n) is 4.17. The van der Waals surface area contributed by atoms with E-state index in [4.69, 9.17) is 4.74 Å². The molecule has 12 heteroatoms. The summed E-state index contributed by atoms with van der Waals surface area (Å²) in [5.74, 6) is -0.463. The molecule has 0 aliphatic carbocycles. The summed E-state index contributed by atoms with van der Waals surface area (Å²) in [6.07, 6.45) is 2.53. The SMILES string of the molecule is COc1ccc(NC(=O)CN(c2ccc(I)cc2)S(=O)(=O)c2ccccc2)cc1S(=O)(=O)N1CCCCC1. The highest BCUT2D eigenvalue weighted by Crippen LogP contribution is 2.31. The van der Waals surface area contributed by atoms with Crippen molar-refractivity contribution in [2.75, 3.05) is 36.4 Å². The van der Waals surface area contributed by atoms with Crippen LogP contribution in [0.5, 0.6) is 5.75 Å². The zero-order valence-electron chi connectivity index (χ0n) is 20.7. The molecule has 1 saturated heterocycles. The van der Waals surface area contributed by atoms with Gasteiger partial charge in [-0.3, -0.25) is 9.10 Å². The molecule has 3 aromatic carbocycles. The molecule has 1 amide bonds. The minimum atomic E-state index is -4.06. The van der Waals surface area contributed by atoms with Crippen molar-refractivity contribution in [2.24, 2.45) is 0 Å². The summed E-state index contributed by atoms with van der Waals surface area (Å²) in [6, 6.07) is 19.0. The van der Waals surface area contributed by atoms with Crippen LogP contribution in [-0.4, -0.2) is 53.8 Å². The third-order valence-electron chi connectivity index (χ3n) is 6.11. The maximum atomic E-state index is 13.5. The van der Waals surface area contributed by atoms with Gasteiger partial charge < -0.3 is 10.1 Å². The Kier molecular flexibility index (Phi) is 8.96. The number of benzene rings is 3. The number of nitrogens with one attached hydrogen (secondary N) is 1. The number of carbonyl (C=O) groups excluding carboxylic acids is 1. The van der Waals surface area contributed by atoms with Gasteiger partial charge in [-0.25, -0.2) is 16.8 Å². The Labute approximate surface area is 237 Å². The average Bonchev–Trinajstić information content (AvgIpc) is 2.93. The van der Waals surface area contributed by atoms with E-state index in [-0.39, 0.29) is 21.2 Å². The number of carbonyl (C=O) groups is 1. The van der Waals surface area contributed by atoms with Crippen molar-refractivity contribution in [3.05, 3.63) is 76.4 Å². The second-order valence-electron chi connectivity index (χ2n) is 8.68. The molecule has 4 rings (SSSR count). The second-order valence-corrected chi connectivity index (χ2v) is 13.7. The van der Waals surface area contributed by atoms with E-state index in [2.05, 4.69) is 27.9 Å². The maximum Gasteiger partial charge on any atom is 0.264 e. The van der Waals surface area contributed by atoms with Gasteiger partial charge in [0.05, 0.1) is 17.7 Å². The molecule has 0 aromatic heterocycles. The lowest BCUT2D eigenvalue weighted by Crippen LogP contribution is -2.38. The molecule has 1 fully saturated rings. The highest BCUT2D eigenvalue weighted by molar-refractivity contribution is 14.1. The molecular weight excluding hydrogens is 641 g/mol. The van der Waals surface area contributed by atoms with Crippen molar-refractivity contribution < 1.29 is 26.4 Å². The molecule has 0 saturated carbocycles. The summed E-state index contributed by atoms with van der Waals surface area (Å²) in [7, 11) is -6.52. The van der Waals surface area contributed by atoms with Gasteiger partial charge in [-0.05, 0) is 90.0 Å². The van der Waals surface area contributed by atoms with Gasteiger partial charge in [0, 0.05) is 22.3 Å². The molecule has 1 heterocycles. The number of rotatable bonds is 9. The second kappa shape index (κ2) is 12.0. The fourth-order valence-corrected chi connectivity index (χ4v) is 7.67. The van der Waals surface area contributed by atoms with Gasteiger partial charge in [0.2, 0.25) is 15.9 Å². The van der Waals surface area contributed by atoms with Crippen molar-refractivity contribution in [3.63, 3.8) is 0 Å². The maximum absolute atomic E-state index is 13.5. The van der Waals surface area contributed by atoms with E-state index < -0.39 is 32.5 Å². The van der Waals surface area contributed by atoms with Crippen LogP contribution in [0.3, 0.4) is 0 Å². The largest absolute Gasteiger partial charge is 0.495 e. The first-order valence-corrected chi connectivity index (χ1v) is 15.9. The molecule has 0 atom stereocenters. The van der Waals surface area contributed by atoms with E-state index >= 15 is 0 Å². The number of nitrogens with zero attached hydrogens (tertiary/aromatic N) is 2. The normalized spacial score (nSPS) is 14.6. The first-order chi connectivity index (χ1) is 18.1. The number of methoxy groups -OCH3 is 1. The Bertz CT molecular complexity index is 1490. The monoisotopic (exact) mass is 669 g/mol. The summed E-state index contributed by atoms with van der Waals surface area (Å²) in [5, 5.41) is 2.66. The highest BCUT2D eigenvalue weighted by atomic mass is 127. The number of ether oxygens (including phenoxy) is 1. The summed E-state index contributed by atoms with van der Waals surface area (Å²) >= 11 is 2.11. The third-order valence-corrected chi connectivity index (χ3v) is 10.5.